The van der Waals surface area contributed by atoms with Crippen molar-refractivity contribution < 1.29 is 15.0 Å². The average molecular weight is 597 g/mol. The molecule has 3 fully saturated rings. The third kappa shape index (κ3) is 4.83. The van der Waals surface area contributed by atoms with Gasteiger partial charge in [-0.05, 0) is 94.3 Å². The minimum Gasteiger partial charge on any atom is -0.506 e. The molecule has 0 saturated carbocycles. The van der Waals surface area contributed by atoms with Crippen molar-refractivity contribution in [2.45, 2.75) is 95.2 Å². The maximum Gasteiger partial charge on any atom is 0.139 e. The lowest BCUT2D eigenvalue weighted by Gasteiger charge is -2.58. The highest BCUT2D eigenvalue weighted by Gasteiger charge is 2.66. The highest BCUT2D eigenvalue weighted by molar-refractivity contribution is 6.11. The smallest absolute Gasteiger partial charge is 0.139 e. The second-order valence-electron chi connectivity index (χ2n) is 14.1. The number of aromatic hydroxyl groups is 1. The second kappa shape index (κ2) is 11.7. The molecule has 1 spiro atoms. The lowest BCUT2D eigenvalue weighted by Crippen LogP contribution is -2.65. The molecule has 2 aromatic heterocycles. The van der Waals surface area contributed by atoms with Crippen LogP contribution in [-0.4, -0.2) is 79.6 Å². The first-order valence-electron chi connectivity index (χ1n) is 17.0. The Labute approximate surface area is 261 Å². The molecule has 1 aliphatic carbocycles. The number of hydrogen-bond acceptors (Lipinski definition) is 6. The fourth-order valence-electron chi connectivity index (χ4n) is 9.69. The van der Waals surface area contributed by atoms with Crippen LogP contribution in [0.1, 0.15) is 83.2 Å². The molecule has 3 saturated heterocycles. The molecular weight excluding hydrogens is 548 g/mol. The van der Waals surface area contributed by atoms with Crippen molar-refractivity contribution in [2.75, 3.05) is 26.2 Å². The zero-order valence-corrected chi connectivity index (χ0v) is 26.2. The van der Waals surface area contributed by atoms with Gasteiger partial charge < -0.3 is 20.1 Å². The van der Waals surface area contributed by atoms with Gasteiger partial charge in [0.1, 0.15) is 11.5 Å². The number of hydrogen-bond donors (Lipinski definition) is 3. The fourth-order valence-corrected chi connectivity index (χ4v) is 9.69. The number of unbranched alkanes of at least 4 members (excludes halogenated alkanes) is 2. The number of aliphatic hydroxyl groups is 1. The number of aromatic nitrogens is 2. The molecule has 44 heavy (non-hydrogen) atoms. The average Bonchev–Trinajstić information content (AvgIpc) is 3.55. The lowest BCUT2D eigenvalue weighted by atomic mass is 9.54. The molecule has 2 unspecified atom stereocenters. The fraction of sp³-hybridized carbons (Fsp3) is 0.568. The molecule has 0 radical (unpaired) electrons. The van der Waals surface area contributed by atoms with E-state index in [-0.39, 0.29) is 23.1 Å². The Morgan fingerprint density at radius 3 is 2.84 bits per heavy atom. The summed E-state index contributed by atoms with van der Waals surface area (Å²) in [6, 6.07) is 7.95. The number of nitrogens with one attached hydrogen (secondary N) is 1. The topological polar surface area (TPSA) is 92.7 Å². The van der Waals surface area contributed by atoms with Crippen molar-refractivity contribution >= 4 is 33.2 Å². The Bertz CT molecular complexity index is 1590. The number of rotatable bonds is 8. The second-order valence-corrected chi connectivity index (χ2v) is 14.1. The van der Waals surface area contributed by atoms with Crippen LogP contribution in [0.15, 0.2) is 49.2 Å². The van der Waals surface area contributed by atoms with Crippen LogP contribution in [-0.2, 0) is 4.79 Å². The molecule has 3 N–H and O–H groups in total. The number of Topliss-reactive ketones (excluding diaryl/α,β-unsaturated/α-hetero) is 1. The van der Waals surface area contributed by atoms with Crippen LogP contribution in [0.5, 0.6) is 5.75 Å². The summed E-state index contributed by atoms with van der Waals surface area (Å²) in [5, 5.41) is 25.8. The van der Waals surface area contributed by atoms with E-state index >= 15 is 0 Å². The third-order valence-electron chi connectivity index (χ3n) is 11.4. The molecule has 3 aliphatic heterocycles. The molecule has 234 valence electrons. The van der Waals surface area contributed by atoms with Crippen molar-refractivity contribution in [3.8, 4) is 5.75 Å². The van der Waals surface area contributed by atoms with Gasteiger partial charge in [-0.3, -0.25) is 14.7 Å². The van der Waals surface area contributed by atoms with E-state index < -0.39 is 5.60 Å². The number of para-hydroxylation sites is 1. The molecule has 1 aromatic carbocycles. The summed E-state index contributed by atoms with van der Waals surface area (Å²) in [4.78, 5) is 26.5. The van der Waals surface area contributed by atoms with Crippen LogP contribution in [0.25, 0.3) is 27.4 Å². The number of fused-ring (bicyclic) bond motifs is 5. The van der Waals surface area contributed by atoms with Crippen molar-refractivity contribution in [1.29, 1.82) is 0 Å². The van der Waals surface area contributed by atoms with Gasteiger partial charge in [0.05, 0.1) is 22.3 Å². The van der Waals surface area contributed by atoms with Crippen LogP contribution < -0.4 is 0 Å². The molecule has 0 amide bonds. The summed E-state index contributed by atoms with van der Waals surface area (Å²) < 4.78 is 0. The Hall–Kier alpha value is -3.00. The van der Waals surface area contributed by atoms with Gasteiger partial charge in [-0.25, -0.2) is 0 Å². The minimum atomic E-state index is -1.05. The van der Waals surface area contributed by atoms with Crippen LogP contribution in [0.2, 0.25) is 0 Å². The number of likely N-dealkylation sites (tertiary alicyclic amines) is 1. The Balaban J connectivity index is 1.41. The Morgan fingerprint density at radius 2 is 2.00 bits per heavy atom. The van der Waals surface area contributed by atoms with Gasteiger partial charge >= 0.3 is 0 Å². The van der Waals surface area contributed by atoms with Gasteiger partial charge in [-0.2, -0.15) is 0 Å². The number of phenols is 1. The van der Waals surface area contributed by atoms with Gasteiger partial charge in [0.25, 0.3) is 0 Å². The molecule has 4 aliphatic rings. The quantitative estimate of drug-likeness (QED) is 0.200. The number of pyridine rings is 1. The van der Waals surface area contributed by atoms with Crippen LogP contribution in [0.4, 0.5) is 0 Å². The predicted octanol–water partition coefficient (Wildman–Crippen LogP) is 6.60. The molecular formula is C37H48N4O3. The SMILES string of the molecule is C=CCC[C@]1(O)C=C(c2nccc3c2[nH]c2c(O)cccc23)C2CCN(CCCCC)C[C@@]23CC2CCC(=O)CCCN2[C@H]31. The van der Waals surface area contributed by atoms with Gasteiger partial charge in [-0.15, -0.1) is 6.58 Å². The van der Waals surface area contributed by atoms with E-state index in [2.05, 4.69) is 34.4 Å². The first kappa shape index (κ1) is 29.7. The van der Waals surface area contributed by atoms with E-state index in [4.69, 9.17) is 4.98 Å². The van der Waals surface area contributed by atoms with E-state index in [0.29, 0.717) is 31.1 Å². The first-order valence-corrected chi connectivity index (χ1v) is 17.0. The molecule has 5 atom stereocenters. The summed E-state index contributed by atoms with van der Waals surface area (Å²) in [6.07, 6.45) is 16.0. The number of benzene rings is 1. The van der Waals surface area contributed by atoms with Crippen molar-refractivity contribution in [3.05, 3.63) is 54.9 Å². The number of allylic oxidation sites excluding steroid dienone is 2. The highest BCUT2D eigenvalue weighted by atomic mass is 16.3. The number of ketones is 1. The highest BCUT2D eigenvalue weighted by Crippen LogP contribution is 2.62. The zero-order chi connectivity index (χ0) is 30.5. The number of phenolic OH excluding ortho intramolecular Hbond substituents is 1. The van der Waals surface area contributed by atoms with E-state index in [1.54, 1.807) is 6.07 Å². The van der Waals surface area contributed by atoms with Gasteiger partial charge in [0, 0.05) is 53.9 Å². The third-order valence-corrected chi connectivity index (χ3v) is 11.4. The number of aromatic amines is 1. The maximum absolute atomic E-state index is 13.0. The summed E-state index contributed by atoms with van der Waals surface area (Å²) in [5.74, 6) is 0.856. The number of piperidine rings is 1. The standard InChI is InChI=1S/C37H48N4O3/c1-3-5-7-19-40-21-16-30-29(33-34-28(15-18-38-33)27-11-8-12-31(43)32(27)39-34)23-37(44,17-6-4-2)35-36(30,24-40)22-25-13-14-26(42)10-9-20-41(25)35/h4,8,11-12,15,18,23,25,30,35,39,43-44H,2-3,5-7,9-10,13-14,16-17,19-22,24H2,1H3/t25?,30?,35-,36+,37+/m1/s1. The zero-order valence-electron chi connectivity index (χ0n) is 26.2. The molecule has 5 heterocycles. The lowest BCUT2D eigenvalue weighted by molar-refractivity contribution is -0.120. The monoisotopic (exact) mass is 596 g/mol. The van der Waals surface area contributed by atoms with Crippen molar-refractivity contribution in [3.63, 3.8) is 0 Å². The van der Waals surface area contributed by atoms with Gasteiger partial charge in [0.2, 0.25) is 0 Å². The molecule has 7 rings (SSSR count). The minimum absolute atomic E-state index is 0.0122. The van der Waals surface area contributed by atoms with Crippen LogP contribution in [0, 0.1) is 11.3 Å². The largest absolute Gasteiger partial charge is 0.506 e. The summed E-state index contributed by atoms with van der Waals surface area (Å²) in [7, 11) is 0. The van der Waals surface area contributed by atoms with E-state index in [9.17, 15) is 15.0 Å². The number of H-pyrrole nitrogens is 1. The van der Waals surface area contributed by atoms with Gasteiger partial charge in [-0.1, -0.05) is 38.0 Å². The molecule has 3 aromatic rings. The normalized spacial score (nSPS) is 31.3. The van der Waals surface area contributed by atoms with Crippen molar-refractivity contribution in [2.24, 2.45) is 11.3 Å². The summed E-state index contributed by atoms with van der Waals surface area (Å²) in [5.41, 5.74) is 2.48. The molecule has 0 bridgehead atoms. The predicted molar refractivity (Wildman–Crippen MR) is 177 cm³/mol. The summed E-state index contributed by atoms with van der Waals surface area (Å²) >= 11 is 0. The van der Waals surface area contributed by atoms with Crippen LogP contribution in [0.3, 0.4) is 0 Å². The molecule has 7 nitrogen and oxygen atoms in total. The maximum atomic E-state index is 13.0. The summed E-state index contributed by atoms with van der Waals surface area (Å²) in [6.45, 7) is 10.3. The number of carbonyl (C=O) groups excluding carboxylic acids is 1. The van der Waals surface area contributed by atoms with E-state index in [1.807, 2.05) is 30.5 Å². The molecule has 7 heteroatoms. The van der Waals surface area contributed by atoms with Crippen LogP contribution >= 0.6 is 0 Å². The van der Waals surface area contributed by atoms with Gasteiger partial charge in [0.15, 0.2) is 0 Å². The van der Waals surface area contributed by atoms with E-state index in [0.717, 1.165) is 91.4 Å². The first-order chi connectivity index (χ1) is 21.4. The Kier molecular flexibility index (Phi) is 7.92. The van der Waals surface area contributed by atoms with Crippen molar-refractivity contribution in [1.82, 2.24) is 19.8 Å². The number of nitrogens with zero attached hydrogens (tertiary/aromatic N) is 3. The number of carbonyl (C=O) groups is 1. The Morgan fingerprint density at radius 1 is 1.14 bits per heavy atom. The van der Waals surface area contributed by atoms with E-state index in [1.165, 1.54) is 19.3 Å².